The predicted octanol–water partition coefficient (Wildman–Crippen LogP) is 3.11. The highest BCUT2D eigenvalue weighted by molar-refractivity contribution is 6.29. The van der Waals surface area contributed by atoms with Gasteiger partial charge in [0, 0.05) is 6.54 Å². The molecule has 15 heavy (non-hydrogen) atoms. The van der Waals surface area contributed by atoms with E-state index in [-0.39, 0.29) is 0 Å². The molecule has 2 rings (SSSR count). The Morgan fingerprint density at radius 2 is 1.87 bits per heavy atom. The van der Waals surface area contributed by atoms with Crippen LogP contribution in [0.25, 0.3) is 0 Å². The Morgan fingerprint density at radius 1 is 1.13 bits per heavy atom. The minimum absolute atomic E-state index is 0.599. The lowest BCUT2D eigenvalue weighted by Crippen LogP contribution is -2.24. The van der Waals surface area contributed by atoms with Gasteiger partial charge in [0.05, 0.1) is 5.69 Å². The van der Waals surface area contributed by atoms with Crippen molar-refractivity contribution in [2.24, 2.45) is 0 Å². The summed E-state index contributed by atoms with van der Waals surface area (Å²) < 4.78 is 0. The average Bonchev–Trinajstić information content (AvgIpc) is 2.46. The van der Waals surface area contributed by atoms with Crippen molar-refractivity contribution in [2.45, 2.75) is 32.2 Å². The second-order valence-corrected chi connectivity index (χ2v) is 4.53. The first-order valence-electron chi connectivity index (χ1n) is 5.68. The summed E-state index contributed by atoms with van der Waals surface area (Å²) in [5, 5.41) is 0.599. The van der Waals surface area contributed by atoms with Gasteiger partial charge in [0.1, 0.15) is 5.15 Å². The highest BCUT2D eigenvalue weighted by atomic mass is 35.5. The Bertz CT molecular complexity index is 306. The SMILES string of the molecule is Clc1cccc(CN2CCCCCC2)n1. The van der Waals surface area contributed by atoms with Crippen LogP contribution in [-0.4, -0.2) is 23.0 Å². The standard InChI is InChI=1S/C12H17ClN2/c13-12-7-5-6-11(14-12)10-15-8-3-1-2-4-9-15/h5-7H,1-4,8-10H2. The summed E-state index contributed by atoms with van der Waals surface area (Å²) in [7, 11) is 0. The minimum atomic E-state index is 0.599. The van der Waals surface area contributed by atoms with Crippen LogP contribution in [0.2, 0.25) is 5.15 Å². The summed E-state index contributed by atoms with van der Waals surface area (Å²) in [6, 6.07) is 5.85. The molecule has 1 saturated heterocycles. The molecular formula is C12H17ClN2. The van der Waals surface area contributed by atoms with Crippen molar-refractivity contribution in [2.75, 3.05) is 13.1 Å². The molecule has 1 fully saturated rings. The minimum Gasteiger partial charge on any atom is -0.298 e. The lowest BCUT2D eigenvalue weighted by molar-refractivity contribution is 0.274. The van der Waals surface area contributed by atoms with E-state index in [0.29, 0.717) is 5.15 Å². The highest BCUT2D eigenvalue weighted by Gasteiger charge is 2.09. The van der Waals surface area contributed by atoms with Crippen molar-refractivity contribution < 1.29 is 0 Å². The van der Waals surface area contributed by atoms with Crippen molar-refractivity contribution >= 4 is 11.6 Å². The first-order valence-corrected chi connectivity index (χ1v) is 6.06. The zero-order valence-electron chi connectivity index (χ0n) is 8.95. The second kappa shape index (κ2) is 5.47. The molecule has 0 unspecified atom stereocenters. The molecule has 1 aliphatic rings. The number of pyridine rings is 1. The van der Waals surface area contributed by atoms with Gasteiger partial charge >= 0.3 is 0 Å². The fourth-order valence-corrected chi connectivity index (χ4v) is 2.24. The van der Waals surface area contributed by atoms with Crippen LogP contribution in [0, 0.1) is 0 Å². The van der Waals surface area contributed by atoms with E-state index in [1.165, 1.54) is 38.8 Å². The van der Waals surface area contributed by atoms with Gasteiger partial charge in [-0.25, -0.2) is 4.98 Å². The number of hydrogen-bond acceptors (Lipinski definition) is 2. The van der Waals surface area contributed by atoms with Crippen molar-refractivity contribution in [3.8, 4) is 0 Å². The molecule has 0 N–H and O–H groups in total. The van der Waals surface area contributed by atoms with Gasteiger partial charge in [0.25, 0.3) is 0 Å². The Morgan fingerprint density at radius 3 is 2.53 bits per heavy atom. The van der Waals surface area contributed by atoms with Crippen LogP contribution in [0.4, 0.5) is 0 Å². The number of nitrogens with zero attached hydrogens (tertiary/aromatic N) is 2. The first-order chi connectivity index (χ1) is 7.34. The summed E-state index contributed by atoms with van der Waals surface area (Å²) in [6.45, 7) is 3.35. The smallest absolute Gasteiger partial charge is 0.129 e. The second-order valence-electron chi connectivity index (χ2n) is 4.14. The molecule has 0 aromatic carbocycles. The van der Waals surface area contributed by atoms with E-state index >= 15 is 0 Å². The zero-order valence-corrected chi connectivity index (χ0v) is 9.71. The highest BCUT2D eigenvalue weighted by Crippen LogP contribution is 2.13. The quantitative estimate of drug-likeness (QED) is 0.718. The van der Waals surface area contributed by atoms with Gasteiger partial charge in [-0.1, -0.05) is 30.5 Å². The molecule has 0 bridgehead atoms. The van der Waals surface area contributed by atoms with E-state index in [2.05, 4.69) is 16.0 Å². The fourth-order valence-electron chi connectivity index (χ4n) is 2.06. The van der Waals surface area contributed by atoms with Crippen LogP contribution in [0.5, 0.6) is 0 Å². The fraction of sp³-hybridized carbons (Fsp3) is 0.583. The first kappa shape index (κ1) is 10.9. The Balaban J connectivity index is 1.95. The molecule has 2 heterocycles. The maximum absolute atomic E-state index is 5.87. The molecular weight excluding hydrogens is 208 g/mol. The van der Waals surface area contributed by atoms with Gasteiger partial charge in [-0.2, -0.15) is 0 Å². The molecule has 3 heteroatoms. The third kappa shape index (κ3) is 3.47. The van der Waals surface area contributed by atoms with Gasteiger partial charge in [0.2, 0.25) is 0 Å². The molecule has 0 aliphatic carbocycles. The third-order valence-electron chi connectivity index (χ3n) is 2.86. The maximum atomic E-state index is 5.87. The Labute approximate surface area is 96.3 Å². The summed E-state index contributed by atoms with van der Waals surface area (Å²) in [6.07, 6.45) is 5.39. The average molecular weight is 225 g/mol. The van der Waals surface area contributed by atoms with Gasteiger partial charge < -0.3 is 0 Å². The normalized spacial score (nSPS) is 18.7. The molecule has 0 radical (unpaired) electrons. The van der Waals surface area contributed by atoms with Crippen LogP contribution in [0.15, 0.2) is 18.2 Å². The molecule has 0 saturated carbocycles. The Kier molecular flexibility index (Phi) is 3.98. The van der Waals surface area contributed by atoms with E-state index in [1.807, 2.05) is 12.1 Å². The van der Waals surface area contributed by atoms with E-state index in [0.717, 1.165) is 12.2 Å². The third-order valence-corrected chi connectivity index (χ3v) is 3.07. The topological polar surface area (TPSA) is 16.1 Å². The molecule has 82 valence electrons. The van der Waals surface area contributed by atoms with Crippen molar-refractivity contribution in [3.63, 3.8) is 0 Å². The summed E-state index contributed by atoms with van der Waals surface area (Å²) in [4.78, 5) is 6.80. The number of aromatic nitrogens is 1. The van der Waals surface area contributed by atoms with Crippen LogP contribution < -0.4 is 0 Å². The van der Waals surface area contributed by atoms with Gasteiger partial charge in [0.15, 0.2) is 0 Å². The molecule has 0 spiro atoms. The van der Waals surface area contributed by atoms with Crippen molar-refractivity contribution in [1.29, 1.82) is 0 Å². The predicted molar refractivity (Wildman–Crippen MR) is 63.0 cm³/mol. The van der Waals surface area contributed by atoms with E-state index in [1.54, 1.807) is 0 Å². The van der Waals surface area contributed by atoms with Crippen LogP contribution in [-0.2, 0) is 6.54 Å². The van der Waals surface area contributed by atoms with Gasteiger partial charge in [-0.3, -0.25) is 4.90 Å². The van der Waals surface area contributed by atoms with Crippen LogP contribution in [0.1, 0.15) is 31.4 Å². The molecule has 0 amide bonds. The van der Waals surface area contributed by atoms with Crippen LogP contribution >= 0.6 is 11.6 Å². The van der Waals surface area contributed by atoms with Gasteiger partial charge in [-0.15, -0.1) is 0 Å². The van der Waals surface area contributed by atoms with Gasteiger partial charge in [-0.05, 0) is 38.1 Å². The number of hydrogen-bond donors (Lipinski definition) is 0. The zero-order chi connectivity index (χ0) is 10.5. The summed E-state index contributed by atoms with van der Waals surface area (Å²) in [5.41, 5.74) is 1.09. The van der Waals surface area contributed by atoms with Crippen molar-refractivity contribution in [1.82, 2.24) is 9.88 Å². The monoisotopic (exact) mass is 224 g/mol. The number of likely N-dealkylation sites (tertiary alicyclic amines) is 1. The van der Waals surface area contributed by atoms with E-state index in [4.69, 9.17) is 11.6 Å². The molecule has 0 atom stereocenters. The molecule has 2 nitrogen and oxygen atoms in total. The van der Waals surface area contributed by atoms with E-state index in [9.17, 15) is 0 Å². The summed E-state index contributed by atoms with van der Waals surface area (Å²) >= 11 is 5.87. The lowest BCUT2D eigenvalue weighted by Gasteiger charge is -2.18. The van der Waals surface area contributed by atoms with Crippen molar-refractivity contribution in [3.05, 3.63) is 29.0 Å². The Hall–Kier alpha value is -0.600. The number of halogens is 1. The molecule has 1 aliphatic heterocycles. The maximum Gasteiger partial charge on any atom is 0.129 e. The lowest BCUT2D eigenvalue weighted by atomic mass is 10.2. The molecule has 1 aromatic heterocycles. The largest absolute Gasteiger partial charge is 0.298 e. The van der Waals surface area contributed by atoms with Crippen LogP contribution in [0.3, 0.4) is 0 Å². The summed E-state index contributed by atoms with van der Waals surface area (Å²) in [5.74, 6) is 0. The van der Waals surface area contributed by atoms with E-state index < -0.39 is 0 Å². The number of rotatable bonds is 2. The molecule has 1 aromatic rings.